The first kappa shape index (κ1) is 17.7. The Morgan fingerprint density at radius 1 is 1.08 bits per heavy atom. The van der Waals surface area contributed by atoms with E-state index in [1.165, 1.54) is 11.1 Å². The SMILES string of the molecule is CN1CCc2cccc3c2[C@H]1Cc1ccc(O)c(O)c1-3.O=S(=O)(O)O. The summed E-state index contributed by atoms with van der Waals surface area (Å²) in [6.45, 7) is 1.07. The van der Waals surface area contributed by atoms with E-state index < -0.39 is 10.4 Å². The highest BCUT2D eigenvalue weighted by Crippen LogP contribution is 2.49. The zero-order valence-electron chi connectivity index (χ0n) is 13.5. The molecule has 1 aliphatic carbocycles. The Morgan fingerprint density at radius 3 is 2.44 bits per heavy atom. The van der Waals surface area contributed by atoms with Crippen LogP contribution in [0.1, 0.15) is 22.7 Å². The zero-order chi connectivity index (χ0) is 18.4. The van der Waals surface area contributed by atoms with Crippen molar-refractivity contribution in [2.24, 2.45) is 0 Å². The summed E-state index contributed by atoms with van der Waals surface area (Å²) in [6, 6.07) is 10.2. The molecule has 2 aromatic rings. The fourth-order valence-corrected chi connectivity index (χ4v) is 3.67. The first-order chi connectivity index (χ1) is 11.7. The molecular weight excluding hydrogens is 346 g/mol. The minimum atomic E-state index is -4.67. The molecule has 4 N–H and O–H groups in total. The highest BCUT2D eigenvalue weighted by molar-refractivity contribution is 7.79. The number of fused-ring (bicyclic) bond motifs is 2. The molecule has 8 heteroatoms. The molecule has 0 saturated heterocycles. The molecule has 25 heavy (non-hydrogen) atoms. The van der Waals surface area contributed by atoms with Gasteiger partial charge >= 0.3 is 10.4 Å². The van der Waals surface area contributed by atoms with Gasteiger partial charge in [0, 0.05) is 18.2 Å². The molecule has 0 unspecified atom stereocenters. The molecule has 0 fully saturated rings. The van der Waals surface area contributed by atoms with Crippen LogP contribution in [0, 0.1) is 0 Å². The Morgan fingerprint density at radius 2 is 1.76 bits per heavy atom. The first-order valence-electron chi connectivity index (χ1n) is 7.73. The summed E-state index contributed by atoms with van der Waals surface area (Å²) < 4.78 is 31.6. The summed E-state index contributed by atoms with van der Waals surface area (Å²) in [5, 5.41) is 20.1. The Kier molecular flexibility index (Phi) is 4.46. The van der Waals surface area contributed by atoms with Crippen molar-refractivity contribution in [1.29, 1.82) is 0 Å². The molecule has 2 aromatic carbocycles. The minimum absolute atomic E-state index is 0.0163. The van der Waals surface area contributed by atoms with Gasteiger partial charge in [-0.2, -0.15) is 8.42 Å². The topological polar surface area (TPSA) is 118 Å². The average Bonchev–Trinajstić information content (AvgIpc) is 2.52. The molecular formula is C17H19NO6S. The van der Waals surface area contributed by atoms with E-state index in [0.717, 1.165) is 36.1 Å². The van der Waals surface area contributed by atoms with Gasteiger partial charge in [-0.15, -0.1) is 0 Å². The van der Waals surface area contributed by atoms with Crippen molar-refractivity contribution < 1.29 is 27.7 Å². The fraction of sp³-hybridized carbons (Fsp3) is 0.294. The Labute approximate surface area is 145 Å². The average molecular weight is 365 g/mol. The lowest BCUT2D eigenvalue weighted by Gasteiger charge is -2.39. The van der Waals surface area contributed by atoms with E-state index in [-0.39, 0.29) is 11.5 Å². The van der Waals surface area contributed by atoms with E-state index >= 15 is 0 Å². The smallest absolute Gasteiger partial charge is 0.394 e. The first-order valence-corrected chi connectivity index (χ1v) is 9.12. The van der Waals surface area contributed by atoms with Gasteiger partial charge in [0.05, 0.1) is 0 Å². The number of aromatic hydroxyl groups is 2. The van der Waals surface area contributed by atoms with Crippen molar-refractivity contribution in [2.75, 3.05) is 13.6 Å². The van der Waals surface area contributed by atoms with Crippen LogP contribution in [0.4, 0.5) is 0 Å². The normalized spacial score (nSPS) is 18.6. The largest absolute Gasteiger partial charge is 0.504 e. The van der Waals surface area contributed by atoms with E-state index in [9.17, 15) is 10.2 Å². The van der Waals surface area contributed by atoms with Gasteiger partial charge in [0.1, 0.15) is 0 Å². The van der Waals surface area contributed by atoms with Gasteiger partial charge in [-0.3, -0.25) is 14.0 Å². The Hall–Kier alpha value is -2.13. The maximum atomic E-state index is 10.3. The van der Waals surface area contributed by atoms with Crippen LogP contribution in [0.2, 0.25) is 0 Å². The maximum Gasteiger partial charge on any atom is 0.394 e. The summed E-state index contributed by atoms with van der Waals surface area (Å²) in [5.74, 6) is -0.0217. The third-order valence-corrected chi connectivity index (χ3v) is 4.72. The van der Waals surface area contributed by atoms with E-state index in [4.69, 9.17) is 17.5 Å². The molecule has 0 saturated carbocycles. The van der Waals surface area contributed by atoms with Crippen molar-refractivity contribution in [2.45, 2.75) is 18.9 Å². The number of hydrogen-bond acceptors (Lipinski definition) is 5. The van der Waals surface area contributed by atoms with Crippen molar-refractivity contribution in [3.8, 4) is 22.6 Å². The number of benzene rings is 2. The number of nitrogens with zero attached hydrogens (tertiary/aromatic N) is 1. The third kappa shape index (κ3) is 3.47. The van der Waals surface area contributed by atoms with Gasteiger partial charge in [-0.25, -0.2) is 0 Å². The number of phenolic OH excluding ortho intramolecular Hbond substituents is 2. The van der Waals surface area contributed by atoms with Crippen LogP contribution in [0.5, 0.6) is 11.5 Å². The van der Waals surface area contributed by atoms with E-state index in [1.54, 1.807) is 6.07 Å². The van der Waals surface area contributed by atoms with Gasteiger partial charge in [0.2, 0.25) is 0 Å². The van der Waals surface area contributed by atoms with Gasteiger partial charge in [-0.05, 0) is 48.2 Å². The summed E-state index contributed by atoms with van der Waals surface area (Å²) in [5.41, 5.74) is 5.71. The van der Waals surface area contributed by atoms with Crippen molar-refractivity contribution in [1.82, 2.24) is 4.90 Å². The minimum Gasteiger partial charge on any atom is -0.504 e. The molecule has 1 atom stereocenters. The van der Waals surface area contributed by atoms with Crippen LogP contribution in [-0.4, -0.2) is 46.2 Å². The maximum absolute atomic E-state index is 10.3. The number of phenols is 2. The lowest BCUT2D eigenvalue weighted by atomic mass is 9.77. The quantitative estimate of drug-likeness (QED) is 0.417. The second-order valence-corrected chi connectivity index (χ2v) is 7.14. The molecule has 0 spiro atoms. The lowest BCUT2D eigenvalue weighted by Crippen LogP contribution is -2.35. The zero-order valence-corrected chi connectivity index (χ0v) is 14.4. The van der Waals surface area contributed by atoms with Crippen LogP contribution in [0.3, 0.4) is 0 Å². The number of likely N-dealkylation sites (N-methyl/N-ethyl adjacent to an activating group) is 1. The molecule has 0 bridgehead atoms. The standard InChI is InChI=1S/C17H17NO2.H2O4S/c1-18-8-7-10-3-2-4-12-15(10)13(18)9-11-5-6-14(19)17(20)16(11)12;1-5(2,3)4/h2-6,13,19-20H,7-9H2,1H3;(H2,1,2,3,4)/t13-;/m1./s1. The highest BCUT2D eigenvalue weighted by atomic mass is 32.3. The molecule has 0 amide bonds. The van der Waals surface area contributed by atoms with E-state index in [1.807, 2.05) is 6.07 Å². The summed E-state index contributed by atoms with van der Waals surface area (Å²) in [6.07, 6.45) is 1.94. The second kappa shape index (κ2) is 6.30. The number of rotatable bonds is 0. The molecule has 4 rings (SSSR count). The summed E-state index contributed by atoms with van der Waals surface area (Å²) in [7, 11) is -2.50. The van der Waals surface area contributed by atoms with Crippen LogP contribution < -0.4 is 0 Å². The predicted octanol–water partition coefficient (Wildman–Crippen LogP) is 2.20. The number of hydrogen-bond donors (Lipinski definition) is 4. The van der Waals surface area contributed by atoms with Crippen molar-refractivity contribution in [3.05, 3.63) is 47.0 Å². The van der Waals surface area contributed by atoms with Crippen LogP contribution >= 0.6 is 0 Å². The molecule has 7 nitrogen and oxygen atoms in total. The van der Waals surface area contributed by atoms with Crippen LogP contribution in [-0.2, 0) is 23.2 Å². The molecule has 2 aliphatic rings. The lowest BCUT2D eigenvalue weighted by molar-refractivity contribution is 0.228. The molecule has 1 aliphatic heterocycles. The fourth-order valence-electron chi connectivity index (χ4n) is 3.67. The van der Waals surface area contributed by atoms with E-state index in [2.05, 4.69) is 30.1 Å². The Balaban J connectivity index is 0.000000324. The van der Waals surface area contributed by atoms with Gasteiger partial charge < -0.3 is 10.2 Å². The van der Waals surface area contributed by atoms with Crippen LogP contribution in [0.15, 0.2) is 30.3 Å². The highest BCUT2D eigenvalue weighted by Gasteiger charge is 2.34. The monoisotopic (exact) mass is 365 g/mol. The molecule has 134 valence electrons. The Bertz CT molecular complexity index is 917. The van der Waals surface area contributed by atoms with E-state index in [0.29, 0.717) is 6.04 Å². The van der Waals surface area contributed by atoms with Gasteiger partial charge in [0.25, 0.3) is 0 Å². The van der Waals surface area contributed by atoms with Crippen LogP contribution in [0.25, 0.3) is 11.1 Å². The van der Waals surface area contributed by atoms with Crippen molar-refractivity contribution in [3.63, 3.8) is 0 Å². The predicted molar refractivity (Wildman–Crippen MR) is 92.2 cm³/mol. The molecule has 0 radical (unpaired) electrons. The third-order valence-electron chi connectivity index (χ3n) is 4.72. The van der Waals surface area contributed by atoms with Gasteiger partial charge in [0.15, 0.2) is 11.5 Å². The summed E-state index contributed by atoms with van der Waals surface area (Å²) >= 11 is 0. The second-order valence-electron chi connectivity index (χ2n) is 6.24. The summed E-state index contributed by atoms with van der Waals surface area (Å²) in [4.78, 5) is 2.39. The molecule has 0 aromatic heterocycles. The van der Waals surface area contributed by atoms with Gasteiger partial charge in [-0.1, -0.05) is 24.3 Å². The molecule has 1 heterocycles. The van der Waals surface area contributed by atoms with Crippen molar-refractivity contribution >= 4 is 10.4 Å².